The largest absolute Gasteiger partial charge is 0.481 e. The number of halogens is 1. The normalized spacial score (nSPS) is 11.5. The predicted octanol–water partition coefficient (Wildman–Crippen LogP) is 1.15. The molecule has 126 valence electrons. The van der Waals surface area contributed by atoms with Gasteiger partial charge in [0.15, 0.2) is 0 Å². The van der Waals surface area contributed by atoms with Crippen LogP contribution >= 0.6 is 11.6 Å². The van der Waals surface area contributed by atoms with Gasteiger partial charge >= 0.3 is 12.0 Å². The van der Waals surface area contributed by atoms with E-state index in [-0.39, 0.29) is 19.5 Å². The molecule has 8 heteroatoms. The van der Waals surface area contributed by atoms with Crippen molar-refractivity contribution in [1.29, 1.82) is 0 Å². The predicted molar refractivity (Wildman–Crippen MR) is 86.1 cm³/mol. The smallest absolute Gasteiger partial charge is 0.314 e. The first-order chi connectivity index (χ1) is 10.9. The minimum absolute atomic E-state index is 0.0172. The summed E-state index contributed by atoms with van der Waals surface area (Å²) in [5, 5.41) is 14.1. The number of benzene rings is 1. The van der Waals surface area contributed by atoms with Crippen LogP contribution in [0.5, 0.6) is 0 Å². The quantitative estimate of drug-likeness (QED) is 0.503. The number of carbonyl (C=O) groups excluding carboxylic acids is 2. The fourth-order valence-electron chi connectivity index (χ4n) is 1.92. The number of carboxylic acids is 1. The molecule has 0 radical (unpaired) electrons. The van der Waals surface area contributed by atoms with E-state index in [1.807, 2.05) is 6.07 Å². The number of carboxylic acid groups (broad SMARTS) is 1. The molecule has 0 aliphatic rings. The molecule has 23 heavy (non-hydrogen) atoms. The first kappa shape index (κ1) is 18.8. The summed E-state index contributed by atoms with van der Waals surface area (Å²) >= 11 is 6.05. The van der Waals surface area contributed by atoms with Crippen LogP contribution in [0.4, 0.5) is 4.79 Å². The summed E-state index contributed by atoms with van der Waals surface area (Å²) in [6.07, 6.45) is 0.645. The van der Waals surface area contributed by atoms with Crippen LogP contribution in [0, 0.1) is 5.92 Å². The topological polar surface area (TPSA) is 122 Å². The number of nitrogens with one attached hydrogen (secondary N) is 2. The summed E-state index contributed by atoms with van der Waals surface area (Å²) in [6, 6.07) is 6.64. The Morgan fingerprint density at radius 1 is 1.22 bits per heavy atom. The molecule has 0 saturated heterocycles. The van der Waals surface area contributed by atoms with Crippen molar-refractivity contribution < 1.29 is 19.5 Å². The summed E-state index contributed by atoms with van der Waals surface area (Å²) in [7, 11) is 0. The van der Waals surface area contributed by atoms with Gasteiger partial charge < -0.3 is 21.5 Å². The van der Waals surface area contributed by atoms with Crippen LogP contribution in [0.3, 0.4) is 0 Å². The lowest BCUT2D eigenvalue weighted by Crippen LogP contribution is -2.42. The van der Waals surface area contributed by atoms with Crippen molar-refractivity contribution in [3.63, 3.8) is 0 Å². The van der Waals surface area contributed by atoms with Crippen molar-refractivity contribution in [3.05, 3.63) is 34.9 Å². The van der Waals surface area contributed by atoms with Crippen molar-refractivity contribution in [2.45, 2.75) is 19.3 Å². The second kappa shape index (κ2) is 9.68. The molecule has 5 N–H and O–H groups in total. The van der Waals surface area contributed by atoms with Crippen molar-refractivity contribution >= 4 is 29.5 Å². The third-order valence-electron chi connectivity index (χ3n) is 3.19. The third-order valence-corrected chi connectivity index (χ3v) is 3.56. The zero-order valence-electron chi connectivity index (χ0n) is 12.5. The highest BCUT2D eigenvalue weighted by molar-refractivity contribution is 6.31. The maximum atomic E-state index is 11.6. The van der Waals surface area contributed by atoms with Crippen LogP contribution in [0.2, 0.25) is 5.02 Å². The van der Waals surface area contributed by atoms with Gasteiger partial charge in [0.25, 0.3) is 0 Å². The first-order valence-corrected chi connectivity index (χ1v) is 7.54. The van der Waals surface area contributed by atoms with Gasteiger partial charge in [0.2, 0.25) is 5.91 Å². The van der Waals surface area contributed by atoms with Gasteiger partial charge in [-0.15, -0.1) is 0 Å². The fraction of sp³-hybridized carbons (Fsp3) is 0.400. The molecular weight excluding hydrogens is 322 g/mol. The molecule has 1 aromatic carbocycles. The third kappa shape index (κ3) is 7.51. The molecule has 0 heterocycles. The highest BCUT2D eigenvalue weighted by Crippen LogP contribution is 2.18. The highest BCUT2D eigenvalue weighted by atomic mass is 35.5. The molecule has 0 saturated carbocycles. The standard InChI is InChI=1S/C15H20ClN3O4/c16-12-5-2-1-4-10(12)8-11(14(17)22)9-19-15(23)18-7-3-6-13(20)21/h1-2,4-5,11H,3,6-9H2,(H2,17,22)(H,20,21)(H2,18,19,23). The number of hydrogen-bond acceptors (Lipinski definition) is 3. The minimum atomic E-state index is -0.916. The van der Waals surface area contributed by atoms with Gasteiger partial charge in [-0.05, 0) is 24.5 Å². The van der Waals surface area contributed by atoms with Crippen molar-refractivity contribution in [2.24, 2.45) is 11.7 Å². The molecule has 1 atom stereocenters. The Morgan fingerprint density at radius 2 is 1.91 bits per heavy atom. The Bertz CT molecular complexity index is 565. The van der Waals surface area contributed by atoms with Crippen molar-refractivity contribution in [2.75, 3.05) is 13.1 Å². The fourth-order valence-corrected chi connectivity index (χ4v) is 2.14. The van der Waals surface area contributed by atoms with Gasteiger partial charge in [-0.3, -0.25) is 9.59 Å². The van der Waals surface area contributed by atoms with Gasteiger partial charge in [-0.1, -0.05) is 29.8 Å². The number of aliphatic carboxylic acids is 1. The summed E-state index contributed by atoms with van der Waals surface area (Å²) in [5.41, 5.74) is 6.14. The molecule has 0 fully saturated rings. The number of urea groups is 1. The van der Waals surface area contributed by atoms with Crippen LogP contribution in [0.15, 0.2) is 24.3 Å². The summed E-state index contributed by atoms with van der Waals surface area (Å²) < 4.78 is 0. The average Bonchev–Trinajstić information content (AvgIpc) is 2.49. The molecular formula is C15H20ClN3O4. The Morgan fingerprint density at radius 3 is 2.52 bits per heavy atom. The number of nitrogens with two attached hydrogens (primary N) is 1. The molecule has 1 unspecified atom stereocenters. The van der Waals surface area contributed by atoms with Crippen LogP contribution in [0.1, 0.15) is 18.4 Å². The molecule has 1 aromatic rings. The highest BCUT2D eigenvalue weighted by Gasteiger charge is 2.18. The number of hydrogen-bond donors (Lipinski definition) is 4. The van der Waals surface area contributed by atoms with Crippen LogP contribution in [-0.4, -0.2) is 36.1 Å². The number of rotatable bonds is 9. The number of carbonyl (C=O) groups is 3. The van der Waals surface area contributed by atoms with E-state index in [4.69, 9.17) is 22.4 Å². The van der Waals surface area contributed by atoms with Crippen molar-refractivity contribution in [3.8, 4) is 0 Å². The Labute approximate surface area is 139 Å². The lowest BCUT2D eigenvalue weighted by Gasteiger charge is -2.15. The van der Waals surface area contributed by atoms with Crippen molar-refractivity contribution in [1.82, 2.24) is 10.6 Å². The maximum absolute atomic E-state index is 11.6. The summed E-state index contributed by atoms with van der Waals surface area (Å²) in [4.78, 5) is 33.4. The van der Waals surface area contributed by atoms with E-state index in [0.29, 0.717) is 17.9 Å². The van der Waals surface area contributed by atoms with E-state index in [1.165, 1.54) is 0 Å². The maximum Gasteiger partial charge on any atom is 0.314 e. The van der Waals surface area contributed by atoms with Gasteiger partial charge in [0.1, 0.15) is 0 Å². The van der Waals surface area contributed by atoms with E-state index in [9.17, 15) is 14.4 Å². The lowest BCUT2D eigenvalue weighted by molar-refractivity contribution is -0.137. The van der Waals surface area contributed by atoms with Gasteiger partial charge in [-0.2, -0.15) is 0 Å². The molecule has 0 bridgehead atoms. The zero-order valence-corrected chi connectivity index (χ0v) is 13.3. The monoisotopic (exact) mass is 341 g/mol. The SMILES string of the molecule is NC(=O)C(CNC(=O)NCCCC(=O)O)Cc1ccccc1Cl. The van der Waals surface area contributed by atoms with E-state index in [2.05, 4.69) is 10.6 Å². The molecule has 0 aliphatic carbocycles. The van der Waals surface area contributed by atoms with E-state index in [1.54, 1.807) is 18.2 Å². The average molecular weight is 342 g/mol. The molecule has 3 amide bonds. The number of primary amides is 1. The molecule has 0 aromatic heterocycles. The molecule has 0 spiro atoms. The first-order valence-electron chi connectivity index (χ1n) is 7.16. The zero-order chi connectivity index (χ0) is 17.2. The molecule has 7 nitrogen and oxygen atoms in total. The second-order valence-electron chi connectivity index (χ2n) is 5.03. The molecule has 0 aliphatic heterocycles. The lowest BCUT2D eigenvalue weighted by atomic mass is 9.98. The van der Waals surface area contributed by atoms with Crippen LogP contribution < -0.4 is 16.4 Å². The number of amides is 3. The van der Waals surface area contributed by atoms with Gasteiger partial charge in [-0.25, -0.2) is 4.79 Å². The Balaban J connectivity index is 2.42. The second-order valence-corrected chi connectivity index (χ2v) is 5.44. The van der Waals surface area contributed by atoms with E-state index < -0.39 is 23.8 Å². The Hall–Kier alpha value is -2.28. The summed E-state index contributed by atoms with van der Waals surface area (Å²) in [5.74, 6) is -2.03. The van der Waals surface area contributed by atoms with Gasteiger partial charge in [0, 0.05) is 24.5 Å². The van der Waals surface area contributed by atoms with Gasteiger partial charge in [0.05, 0.1) is 5.92 Å². The van der Waals surface area contributed by atoms with E-state index >= 15 is 0 Å². The molecule has 1 rings (SSSR count). The van der Waals surface area contributed by atoms with Crippen LogP contribution in [0.25, 0.3) is 0 Å². The minimum Gasteiger partial charge on any atom is -0.481 e. The Kier molecular flexibility index (Phi) is 7.90. The summed E-state index contributed by atoms with van der Waals surface area (Å²) in [6.45, 7) is 0.315. The van der Waals surface area contributed by atoms with E-state index in [0.717, 1.165) is 5.56 Å². The van der Waals surface area contributed by atoms with Crippen LogP contribution in [-0.2, 0) is 16.0 Å².